The van der Waals surface area contributed by atoms with E-state index >= 15 is 0 Å². The molecule has 9 nitrogen and oxygen atoms in total. The van der Waals surface area contributed by atoms with Crippen LogP contribution in [0.5, 0.6) is 11.5 Å². The molecule has 0 aliphatic carbocycles. The minimum atomic E-state index is -1.17. The molecule has 1 fully saturated rings. The third-order valence-electron chi connectivity index (χ3n) is 5.39. The van der Waals surface area contributed by atoms with Gasteiger partial charge in [-0.2, -0.15) is 0 Å². The highest BCUT2D eigenvalue weighted by Gasteiger charge is 2.37. The number of carboxylic acid groups (broad SMARTS) is 1. The Balaban J connectivity index is 1.65. The summed E-state index contributed by atoms with van der Waals surface area (Å²) in [7, 11) is 0. The van der Waals surface area contributed by atoms with E-state index in [1.807, 2.05) is 0 Å². The van der Waals surface area contributed by atoms with Crippen LogP contribution in [0, 0.1) is 5.82 Å². The highest BCUT2D eigenvalue weighted by Crippen LogP contribution is 2.38. The fourth-order valence-electron chi connectivity index (χ4n) is 3.67. The van der Waals surface area contributed by atoms with Crippen LogP contribution in [0.4, 0.5) is 14.9 Å². The summed E-state index contributed by atoms with van der Waals surface area (Å²) in [5.41, 5.74) is 0.554. The lowest BCUT2D eigenvalue weighted by molar-refractivity contribution is -0.122. The largest absolute Gasteiger partial charge is 0.490 e. The van der Waals surface area contributed by atoms with Gasteiger partial charge in [0.25, 0.3) is 11.8 Å². The molecule has 4 rings (SSSR count). The van der Waals surface area contributed by atoms with Crippen molar-refractivity contribution in [3.63, 3.8) is 0 Å². The number of carbonyl (C=O) groups is 4. The predicted molar refractivity (Wildman–Crippen MR) is 136 cm³/mol. The van der Waals surface area contributed by atoms with Gasteiger partial charge in [0.2, 0.25) is 0 Å². The van der Waals surface area contributed by atoms with Gasteiger partial charge < -0.3 is 14.6 Å². The fourth-order valence-corrected chi connectivity index (χ4v) is 3.94. The topological polar surface area (TPSA) is 122 Å². The van der Waals surface area contributed by atoms with Gasteiger partial charge in [-0.25, -0.2) is 18.9 Å². The van der Waals surface area contributed by atoms with E-state index in [0.717, 1.165) is 4.90 Å². The second-order valence-corrected chi connectivity index (χ2v) is 8.40. The lowest BCUT2D eigenvalue weighted by Crippen LogP contribution is -2.54. The van der Waals surface area contributed by atoms with Crippen molar-refractivity contribution < 1.29 is 38.1 Å². The quantitative estimate of drug-likeness (QED) is 0.311. The van der Waals surface area contributed by atoms with E-state index in [-0.39, 0.29) is 46.6 Å². The van der Waals surface area contributed by atoms with E-state index in [0.29, 0.717) is 11.1 Å². The van der Waals surface area contributed by atoms with Gasteiger partial charge in [-0.05, 0) is 72.7 Å². The van der Waals surface area contributed by atoms with Crippen molar-refractivity contribution in [1.29, 1.82) is 0 Å². The summed E-state index contributed by atoms with van der Waals surface area (Å²) in [5.74, 6) is -3.00. The van der Waals surface area contributed by atoms with Gasteiger partial charge in [0.1, 0.15) is 18.0 Å². The highest BCUT2D eigenvalue weighted by atomic mass is 35.5. The number of aromatic carboxylic acids is 1. The van der Waals surface area contributed by atoms with Gasteiger partial charge >= 0.3 is 12.0 Å². The van der Waals surface area contributed by atoms with Crippen molar-refractivity contribution in [3.05, 3.63) is 93.8 Å². The van der Waals surface area contributed by atoms with Gasteiger partial charge in [-0.3, -0.25) is 14.9 Å². The van der Waals surface area contributed by atoms with E-state index in [2.05, 4.69) is 5.32 Å². The first-order chi connectivity index (χ1) is 18.2. The zero-order chi connectivity index (χ0) is 27.4. The van der Waals surface area contributed by atoms with Crippen molar-refractivity contribution in [2.24, 2.45) is 0 Å². The Morgan fingerprint density at radius 2 is 1.82 bits per heavy atom. The molecule has 194 valence electrons. The lowest BCUT2D eigenvalue weighted by Gasteiger charge is -2.26. The van der Waals surface area contributed by atoms with Crippen LogP contribution in [0.25, 0.3) is 6.08 Å². The van der Waals surface area contributed by atoms with E-state index in [1.54, 1.807) is 19.1 Å². The molecule has 1 saturated heterocycles. The van der Waals surface area contributed by atoms with E-state index < -0.39 is 29.6 Å². The number of benzene rings is 3. The molecule has 3 aromatic carbocycles. The summed E-state index contributed by atoms with van der Waals surface area (Å²) >= 11 is 6.44. The first kappa shape index (κ1) is 26.4. The van der Waals surface area contributed by atoms with E-state index in [1.165, 1.54) is 54.6 Å². The minimum absolute atomic E-state index is 0.0105. The number of anilines is 1. The Bertz CT molecular complexity index is 1470. The summed E-state index contributed by atoms with van der Waals surface area (Å²) in [5, 5.41) is 11.3. The molecule has 4 amide bonds. The number of imide groups is 2. The molecule has 0 saturated carbocycles. The van der Waals surface area contributed by atoms with Crippen LogP contribution in [0.2, 0.25) is 5.02 Å². The second kappa shape index (κ2) is 11.1. The molecule has 38 heavy (non-hydrogen) atoms. The average molecular weight is 539 g/mol. The van der Waals surface area contributed by atoms with Gasteiger partial charge in [0.05, 0.1) is 22.9 Å². The van der Waals surface area contributed by atoms with Gasteiger partial charge in [0.15, 0.2) is 11.5 Å². The summed E-state index contributed by atoms with van der Waals surface area (Å²) in [6.45, 7) is 2.00. The molecule has 2 N–H and O–H groups in total. The number of rotatable bonds is 8. The molecule has 0 unspecified atom stereocenters. The van der Waals surface area contributed by atoms with Crippen molar-refractivity contribution in [2.75, 3.05) is 11.5 Å². The van der Waals surface area contributed by atoms with Crippen LogP contribution >= 0.6 is 11.6 Å². The summed E-state index contributed by atoms with van der Waals surface area (Å²) in [6, 6.07) is 12.9. The number of carbonyl (C=O) groups excluding carboxylic acids is 3. The molecular formula is C27H20ClFN2O7. The van der Waals surface area contributed by atoms with Crippen LogP contribution in [-0.2, 0) is 16.2 Å². The van der Waals surface area contributed by atoms with Gasteiger partial charge in [-0.15, -0.1) is 0 Å². The summed E-state index contributed by atoms with van der Waals surface area (Å²) < 4.78 is 24.9. The Morgan fingerprint density at radius 3 is 2.47 bits per heavy atom. The average Bonchev–Trinajstić information content (AvgIpc) is 2.86. The molecule has 0 spiro atoms. The maximum absolute atomic E-state index is 13.5. The van der Waals surface area contributed by atoms with E-state index in [9.17, 15) is 23.6 Å². The molecule has 3 aromatic rings. The standard InChI is InChI=1S/C27H20ClFN2O7/c1-2-37-22-13-16(12-21(28)23(22)38-14-15-4-3-5-18(29)10-15)11-20-24(32)30-27(36)31(25(20)33)19-8-6-17(7-9-19)26(34)35/h3-13H,2,14H2,1H3,(H,34,35)(H,30,32,36)/b20-11+. The fraction of sp³-hybridized carbons (Fsp3) is 0.111. The van der Waals surface area contributed by atoms with Crippen molar-refractivity contribution >= 4 is 47.2 Å². The molecule has 0 atom stereocenters. The molecule has 0 radical (unpaired) electrons. The van der Waals surface area contributed by atoms with Crippen molar-refractivity contribution in [2.45, 2.75) is 13.5 Å². The molecule has 11 heteroatoms. The minimum Gasteiger partial charge on any atom is -0.490 e. The molecular weight excluding hydrogens is 519 g/mol. The molecule has 0 aromatic heterocycles. The first-order valence-electron chi connectivity index (χ1n) is 11.3. The smallest absolute Gasteiger partial charge is 0.335 e. The highest BCUT2D eigenvalue weighted by molar-refractivity contribution is 6.39. The number of barbiturate groups is 1. The first-order valence-corrected chi connectivity index (χ1v) is 11.6. The Hall–Kier alpha value is -4.70. The van der Waals surface area contributed by atoms with E-state index in [4.69, 9.17) is 26.2 Å². The monoisotopic (exact) mass is 538 g/mol. The number of amides is 4. The number of urea groups is 1. The number of nitrogens with one attached hydrogen (secondary N) is 1. The van der Waals surface area contributed by atoms with Crippen LogP contribution in [0.1, 0.15) is 28.4 Å². The SMILES string of the molecule is CCOc1cc(/C=C2\C(=O)NC(=O)N(c3ccc(C(=O)O)cc3)C2=O)cc(Cl)c1OCc1cccc(F)c1. The number of nitrogens with zero attached hydrogens (tertiary/aromatic N) is 1. The van der Waals surface area contributed by atoms with Crippen LogP contribution in [-0.4, -0.2) is 35.5 Å². The van der Waals surface area contributed by atoms with Crippen LogP contribution in [0.15, 0.2) is 66.2 Å². The zero-order valence-electron chi connectivity index (χ0n) is 19.9. The molecule has 1 heterocycles. The third-order valence-corrected chi connectivity index (χ3v) is 5.67. The summed E-state index contributed by atoms with van der Waals surface area (Å²) in [4.78, 5) is 50.0. The molecule has 0 bridgehead atoms. The Kier molecular flexibility index (Phi) is 7.73. The Labute approximate surface area is 221 Å². The lowest BCUT2D eigenvalue weighted by atomic mass is 10.1. The van der Waals surface area contributed by atoms with Crippen molar-refractivity contribution in [1.82, 2.24) is 5.32 Å². The zero-order valence-corrected chi connectivity index (χ0v) is 20.6. The van der Waals surface area contributed by atoms with Gasteiger partial charge in [-0.1, -0.05) is 23.7 Å². The normalized spacial score (nSPS) is 14.4. The van der Waals surface area contributed by atoms with Gasteiger partial charge in [0, 0.05) is 0 Å². The van der Waals surface area contributed by atoms with Crippen molar-refractivity contribution in [3.8, 4) is 11.5 Å². The third kappa shape index (κ3) is 5.65. The number of ether oxygens (including phenoxy) is 2. The molecule has 1 aliphatic rings. The van der Waals surface area contributed by atoms with Crippen LogP contribution < -0.4 is 19.7 Å². The van der Waals surface area contributed by atoms with Crippen LogP contribution in [0.3, 0.4) is 0 Å². The number of halogens is 2. The second-order valence-electron chi connectivity index (χ2n) is 7.99. The Morgan fingerprint density at radius 1 is 1.08 bits per heavy atom. The maximum atomic E-state index is 13.5. The molecule has 1 aliphatic heterocycles. The number of hydrogen-bond donors (Lipinski definition) is 2. The predicted octanol–water partition coefficient (Wildman–Crippen LogP) is 4.82. The maximum Gasteiger partial charge on any atom is 0.335 e. The summed E-state index contributed by atoms with van der Waals surface area (Å²) in [6.07, 6.45) is 1.24. The number of carboxylic acids is 1. The number of hydrogen-bond acceptors (Lipinski definition) is 6.